The van der Waals surface area contributed by atoms with E-state index in [1.165, 1.54) is 6.07 Å². The van der Waals surface area contributed by atoms with Crippen LogP contribution >= 0.6 is 23.2 Å². The predicted octanol–water partition coefficient (Wildman–Crippen LogP) is 4.98. The van der Waals surface area contributed by atoms with Gasteiger partial charge < -0.3 is 21.5 Å². The molecule has 5 N–H and O–H groups in total. The summed E-state index contributed by atoms with van der Waals surface area (Å²) in [5, 5.41) is 16.3. The summed E-state index contributed by atoms with van der Waals surface area (Å²) in [6, 6.07) is 10.9. The Morgan fingerprint density at radius 3 is 2.49 bits per heavy atom. The van der Waals surface area contributed by atoms with Crippen molar-refractivity contribution in [2.45, 2.75) is 64.1 Å². The molecule has 0 spiro atoms. The SMILES string of the molecule is CC(CO)CCNC(=O)C1NC(CC(C)(C)C)C(N)(c2ccc(Cl)cc2)C1c1cccc(Cl)c1F. The molecule has 0 bridgehead atoms. The first-order chi connectivity index (χ1) is 16.4. The van der Waals surface area contributed by atoms with Crippen LogP contribution in [0.4, 0.5) is 4.39 Å². The first kappa shape index (κ1) is 27.9. The summed E-state index contributed by atoms with van der Waals surface area (Å²) >= 11 is 12.3. The molecule has 5 atom stereocenters. The van der Waals surface area contributed by atoms with Gasteiger partial charge in [0.1, 0.15) is 5.82 Å². The lowest BCUT2D eigenvalue weighted by Crippen LogP contribution is -2.52. The minimum absolute atomic E-state index is 0.0174. The molecule has 0 radical (unpaired) electrons. The summed E-state index contributed by atoms with van der Waals surface area (Å²) in [5.74, 6) is -1.51. The van der Waals surface area contributed by atoms with Gasteiger partial charge in [0.2, 0.25) is 5.91 Å². The highest BCUT2D eigenvalue weighted by atomic mass is 35.5. The lowest BCUT2D eigenvalue weighted by Gasteiger charge is -2.39. The second kappa shape index (κ2) is 11.1. The number of rotatable bonds is 8. The van der Waals surface area contributed by atoms with Crippen LogP contribution in [0.2, 0.25) is 10.0 Å². The van der Waals surface area contributed by atoms with E-state index in [2.05, 4.69) is 31.4 Å². The zero-order chi connectivity index (χ0) is 26.0. The molecule has 0 aliphatic carbocycles. The number of hydrogen-bond acceptors (Lipinski definition) is 4. The maximum absolute atomic E-state index is 15.5. The van der Waals surface area contributed by atoms with Gasteiger partial charge >= 0.3 is 0 Å². The molecule has 1 aliphatic rings. The molecule has 1 heterocycles. The summed E-state index contributed by atoms with van der Waals surface area (Å²) in [7, 11) is 0. The number of benzene rings is 2. The third-order valence-electron chi connectivity index (χ3n) is 6.81. The number of halogens is 3. The number of aliphatic hydroxyl groups excluding tert-OH is 1. The Kier molecular flexibility index (Phi) is 8.87. The van der Waals surface area contributed by atoms with E-state index in [-0.39, 0.29) is 34.9 Å². The van der Waals surface area contributed by atoms with E-state index in [0.717, 1.165) is 5.56 Å². The Morgan fingerprint density at radius 2 is 1.89 bits per heavy atom. The van der Waals surface area contributed by atoms with Gasteiger partial charge in [-0.15, -0.1) is 0 Å². The Balaban J connectivity index is 2.12. The molecule has 2 aromatic carbocycles. The molecule has 192 valence electrons. The average Bonchev–Trinajstić information content (AvgIpc) is 3.07. The third kappa shape index (κ3) is 6.17. The van der Waals surface area contributed by atoms with Gasteiger partial charge in [0, 0.05) is 30.1 Å². The quantitative estimate of drug-likeness (QED) is 0.392. The molecule has 1 amide bonds. The van der Waals surface area contributed by atoms with Crippen molar-refractivity contribution in [3.05, 3.63) is 69.5 Å². The number of nitrogens with one attached hydrogen (secondary N) is 2. The number of nitrogens with two attached hydrogens (primary N) is 1. The van der Waals surface area contributed by atoms with Crippen LogP contribution in [-0.2, 0) is 10.3 Å². The van der Waals surface area contributed by atoms with Crippen molar-refractivity contribution in [2.75, 3.05) is 13.2 Å². The summed E-state index contributed by atoms with van der Waals surface area (Å²) in [6.07, 6.45) is 1.28. The van der Waals surface area contributed by atoms with Crippen molar-refractivity contribution in [2.24, 2.45) is 17.1 Å². The van der Waals surface area contributed by atoms with Crippen LogP contribution in [0.5, 0.6) is 0 Å². The van der Waals surface area contributed by atoms with Crippen molar-refractivity contribution < 1.29 is 14.3 Å². The number of hydrogen-bond donors (Lipinski definition) is 4. The molecule has 1 fully saturated rings. The van der Waals surface area contributed by atoms with E-state index in [0.29, 0.717) is 30.0 Å². The van der Waals surface area contributed by atoms with Crippen LogP contribution in [0.15, 0.2) is 42.5 Å². The minimum atomic E-state index is -1.12. The van der Waals surface area contributed by atoms with Crippen molar-refractivity contribution in [1.82, 2.24) is 10.6 Å². The second-order valence-electron chi connectivity index (χ2n) is 10.9. The molecular formula is C27H36Cl2FN3O2. The average molecular weight is 525 g/mol. The fraction of sp³-hybridized carbons (Fsp3) is 0.519. The topological polar surface area (TPSA) is 87.4 Å². The monoisotopic (exact) mass is 523 g/mol. The number of amides is 1. The normalized spacial score (nSPS) is 25.5. The molecule has 2 aromatic rings. The van der Waals surface area contributed by atoms with E-state index < -0.39 is 23.3 Å². The highest BCUT2D eigenvalue weighted by molar-refractivity contribution is 6.31. The number of aliphatic hydroxyl groups is 1. The third-order valence-corrected chi connectivity index (χ3v) is 7.36. The van der Waals surface area contributed by atoms with E-state index in [4.69, 9.17) is 28.9 Å². The highest BCUT2D eigenvalue weighted by Gasteiger charge is 2.57. The Hall–Kier alpha value is -1.70. The fourth-order valence-electron chi connectivity index (χ4n) is 4.97. The first-order valence-electron chi connectivity index (χ1n) is 12.0. The molecule has 5 nitrogen and oxygen atoms in total. The second-order valence-corrected chi connectivity index (χ2v) is 11.7. The van der Waals surface area contributed by atoms with Gasteiger partial charge in [-0.25, -0.2) is 4.39 Å². The molecule has 0 aromatic heterocycles. The Bertz CT molecular complexity index is 1030. The standard InChI is InChI=1S/C27H36Cl2FN3O2/c1-16(15-34)12-13-32-25(35)24-22(19-6-5-7-20(29)23(19)30)27(31,17-8-10-18(28)11-9-17)21(33-24)14-26(2,3)4/h5-11,16,21-22,24,33-34H,12-15,31H2,1-4H3,(H,32,35). The predicted molar refractivity (Wildman–Crippen MR) is 140 cm³/mol. The molecule has 3 rings (SSSR count). The first-order valence-corrected chi connectivity index (χ1v) is 12.8. The molecule has 1 saturated heterocycles. The van der Waals surface area contributed by atoms with Gasteiger partial charge in [-0.3, -0.25) is 4.79 Å². The minimum Gasteiger partial charge on any atom is -0.396 e. The molecule has 8 heteroatoms. The van der Waals surface area contributed by atoms with Gasteiger partial charge in [-0.1, -0.05) is 75.2 Å². The van der Waals surface area contributed by atoms with E-state index in [1.807, 2.05) is 19.1 Å². The zero-order valence-corrected chi connectivity index (χ0v) is 22.3. The molecule has 35 heavy (non-hydrogen) atoms. The summed E-state index contributed by atoms with van der Waals surface area (Å²) in [6.45, 7) is 8.67. The molecule has 5 unspecified atom stereocenters. The maximum atomic E-state index is 15.5. The van der Waals surface area contributed by atoms with E-state index in [9.17, 15) is 9.90 Å². The van der Waals surface area contributed by atoms with Crippen LogP contribution in [0, 0.1) is 17.2 Å². The lowest BCUT2D eigenvalue weighted by atomic mass is 9.68. The molecule has 1 aliphatic heterocycles. The Morgan fingerprint density at radius 1 is 1.23 bits per heavy atom. The van der Waals surface area contributed by atoms with Crippen LogP contribution < -0.4 is 16.4 Å². The number of carbonyl (C=O) groups excluding carboxylic acids is 1. The van der Waals surface area contributed by atoms with Crippen LogP contribution in [0.1, 0.15) is 57.6 Å². The van der Waals surface area contributed by atoms with Crippen LogP contribution in [0.25, 0.3) is 0 Å². The molecular weight excluding hydrogens is 488 g/mol. The van der Waals surface area contributed by atoms with Crippen molar-refractivity contribution in [1.29, 1.82) is 0 Å². The van der Waals surface area contributed by atoms with Gasteiger partial charge in [-0.05, 0) is 53.5 Å². The smallest absolute Gasteiger partial charge is 0.237 e. The van der Waals surface area contributed by atoms with Gasteiger partial charge in [-0.2, -0.15) is 0 Å². The fourth-order valence-corrected chi connectivity index (χ4v) is 5.28. The highest BCUT2D eigenvalue weighted by Crippen LogP contribution is 2.49. The van der Waals surface area contributed by atoms with Gasteiger partial charge in [0.05, 0.1) is 16.6 Å². The Labute approximate surface area is 217 Å². The summed E-state index contributed by atoms with van der Waals surface area (Å²) < 4.78 is 15.5. The number of carbonyl (C=O) groups is 1. The zero-order valence-electron chi connectivity index (χ0n) is 20.7. The van der Waals surface area contributed by atoms with Crippen molar-refractivity contribution >= 4 is 29.1 Å². The van der Waals surface area contributed by atoms with Gasteiger partial charge in [0.25, 0.3) is 0 Å². The van der Waals surface area contributed by atoms with E-state index in [1.54, 1.807) is 24.3 Å². The van der Waals surface area contributed by atoms with E-state index >= 15 is 4.39 Å². The lowest BCUT2D eigenvalue weighted by molar-refractivity contribution is -0.123. The van der Waals surface area contributed by atoms with Gasteiger partial charge in [0.15, 0.2) is 0 Å². The molecule has 0 saturated carbocycles. The van der Waals surface area contributed by atoms with Crippen LogP contribution in [-0.4, -0.2) is 36.2 Å². The summed E-state index contributed by atoms with van der Waals surface area (Å²) in [5.41, 5.74) is 7.09. The largest absolute Gasteiger partial charge is 0.396 e. The summed E-state index contributed by atoms with van der Waals surface area (Å²) in [4.78, 5) is 13.5. The van der Waals surface area contributed by atoms with Crippen LogP contribution in [0.3, 0.4) is 0 Å². The van der Waals surface area contributed by atoms with Crippen molar-refractivity contribution in [3.8, 4) is 0 Å². The van der Waals surface area contributed by atoms with Crippen molar-refractivity contribution in [3.63, 3.8) is 0 Å². The maximum Gasteiger partial charge on any atom is 0.237 e.